The van der Waals surface area contributed by atoms with E-state index in [0.29, 0.717) is 29.6 Å². The predicted octanol–water partition coefficient (Wildman–Crippen LogP) is 2.28. The Morgan fingerprint density at radius 1 is 1.23 bits per heavy atom. The molecule has 1 aliphatic heterocycles. The number of hydrogen-bond acceptors (Lipinski definition) is 5. The summed E-state index contributed by atoms with van der Waals surface area (Å²) in [5, 5.41) is 6.15. The average molecular weight is 364 g/mol. The van der Waals surface area contributed by atoms with Crippen molar-refractivity contribution < 1.29 is 23.0 Å². The van der Waals surface area contributed by atoms with Crippen LogP contribution in [0.5, 0.6) is 17.2 Å². The van der Waals surface area contributed by atoms with Crippen molar-refractivity contribution in [2.45, 2.75) is 19.7 Å². The number of fused-ring (bicyclic) bond motifs is 1. The molecule has 0 saturated heterocycles. The summed E-state index contributed by atoms with van der Waals surface area (Å²) in [7, 11) is 1.62. The largest absolute Gasteiger partial charge is 0.454 e. The molecule has 0 bridgehead atoms. The van der Waals surface area contributed by atoms with Crippen LogP contribution in [-0.4, -0.2) is 31.4 Å². The number of aromatic nitrogens is 1. The van der Waals surface area contributed by atoms with E-state index in [9.17, 15) is 8.78 Å². The molecule has 7 nitrogen and oxygen atoms in total. The first-order valence-electron chi connectivity index (χ1n) is 7.87. The topological polar surface area (TPSA) is 77.0 Å². The molecule has 3 rings (SSSR count). The van der Waals surface area contributed by atoms with Gasteiger partial charge in [-0.15, -0.1) is 0 Å². The van der Waals surface area contributed by atoms with Crippen molar-refractivity contribution in [2.24, 2.45) is 4.99 Å². The summed E-state index contributed by atoms with van der Waals surface area (Å²) in [6, 6.07) is 8.61. The Kier molecular flexibility index (Phi) is 5.67. The van der Waals surface area contributed by atoms with Crippen molar-refractivity contribution in [3.8, 4) is 17.2 Å². The molecule has 0 fully saturated rings. The molecule has 0 aliphatic carbocycles. The Bertz CT molecular complexity index is 772. The Hall–Kier alpha value is -3.10. The molecular formula is C17H18F2N4O3. The number of guanidine groups is 1. The number of benzene rings is 1. The van der Waals surface area contributed by atoms with Gasteiger partial charge in [0, 0.05) is 31.4 Å². The summed E-state index contributed by atoms with van der Waals surface area (Å²) in [5.41, 5.74) is 1.34. The Morgan fingerprint density at radius 3 is 2.69 bits per heavy atom. The molecule has 0 unspecified atom stereocenters. The number of ether oxygens (including phenoxy) is 3. The van der Waals surface area contributed by atoms with E-state index in [1.807, 2.05) is 18.2 Å². The lowest BCUT2D eigenvalue weighted by Gasteiger charge is -2.15. The molecule has 1 aliphatic rings. The van der Waals surface area contributed by atoms with Crippen LogP contribution in [0, 0.1) is 0 Å². The lowest BCUT2D eigenvalue weighted by atomic mass is 10.1. The van der Waals surface area contributed by atoms with Crippen molar-refractivity contribution in [1.82, 2.24) is 15.6 Å². The third-order valence-electron chi connectivity index (χ3n) is 3.60. The summed E-state index contributed by atoms with van der Waals surface area (Å²) < 4.78 is 40.4. The highest BCUT2D eigenvalue weighted by molar-refractivity contribution is 5.79. The molecule has 0 spiro atoms. The van der Waals surface area contributed by atoms with E-state index in [1.165, 1.54) is 6.07 Å². The second-order valence-corrected chi connectivity index (χ2v) is 5.29. The van der Waals surface area contributed by atoms with Crippen LogP contribution in [0.1, 0.15) is 11.3 Å². The van der Waals surface area contributed by atoms with Gasteiger partial charge in [0.15, 0.2) is 17.5 Å². The molecule has 2 N–H and O–H groups in total. The smallest absolute Gasteiger partial charge is 0.387 e. The molecule has 138 valence electrons. The van der Waals surface area contributed by atoms with E-state index >= 15 is 0 Å². The quantitative estimate of drug-likeness (QED) is 0.605. The maximum atomic E-state index is 12.7. The van der Waals surface area contributed by atoms with Crippen LogP contribution in [0.25, 0.3) is 0 Å². The van der Waals surface area contributed by atoms with Gasteiger partial charge in [-0.1, -0.05) is 6.07 Å². The van der Waals surface area contributed by atoms with Crippen LogP contribution in [0.15, 0.2) is 41.5 Å². The van der Waals surface area contributed by atoms with Gasteiger partial charge in [-0.2, -0.15) is 8.78 Å². The number of nitrogens with zero attached hydrogens (tertiary/aromatic N) is 2. The fourth-order valence-corrected chi connectivity index (χ4v) is 2.39. The van der Waals surface area contributed by atoms with E-state index in [1.54, 1.807) is 19.3 Å². The van der Waals surface area contributed by atoms with Gasteiger partial charge >= 0.3 is 6.61 Å². The highest BCUT2D eigenvalue weighted by Gasteiger charge is 2.20. The third-order valence-corrected chi connectivity index (χ3v) is 3.60. The Morgan fingerprint density at radius 2 is 2.00 bits per heavy atom. The third kappa shape index (κ3) is 4.50. The van der Waals surface area contributed by atoms with Crippen LogP contribution >= 0.6 is 0 Å². The molecule has 9 heteroatoms. The number of pyridine rings is 1. The van der Waals surface area contributed by atoms with Gasteiger partial charge in [-0.3, -0.25) is 9.98 Å². The number of hydrogen-bond donors (Lipinski definition) is 2. The Balaban J connectivity index is 1.65. The average Bonchev–Trinajstić information content (AvgIpc) is 3.09. The van der Waals surface area contributed by atoms with E-state index in [4.69, 9.17) is 9.47 Å². The summed E-state index contributed by atoms with van der Waals surface area (Å²) in [6.45, 7) is -2.20. The van der Waals surface area contributed by atoms with E-state index in [-0.39, 0.29) is 19.1 Å². The fraction of sp³-hybridized carbons (Fsp3) is 0.294. The number of aliphatic imine (C=N–C) groups is 1. The molecule has 0 radical (unpaired) electrons. The van der Waals surface area contributed by atoms with E-state index < -0.39 is 6.61 Å². The summed E-state index contributed by atoms with van der Waals surface area (Å²) in [5.74, 6) is 1.38. The molecule has 1 aromatic carbocycles. The molecule has 0 amide bonds. The second-order valence-electron chi connectivity index (χ2n) is 5.29. The zero-order valence-corrected chi connectivity index (χ0v) is 14.0. The molecular weight excluding hydrogens is 346 g/mol. The van der Waals surface area contributed by atoms with Crippen LogP contribution in [0.4, 0.5) is 8.78 Å². The fourth-order valence-electron chi connectivity index (χ4n) is 2.39. The van der Waals surface area contributed by atoms with Crippen molar-refractivity contribution in [3.05, 3.63) is 47.8 Å². The molecule has 26 heavy (non-hydrogen) atoms. The SMILES string of the molecule is CN=C(NCc1ccccn1)NCc1cc2c(cc1OC(F)F)OCO2. The van der Waals surface area contributed by atoms with Gasteiger partial charge in [-0.05, 0) is 18.2 Å². The van der Waals surface area contributed by atoms with Gasteiger partial charge in [0.25, 0.3) is 0 Å². The van der Waals surface area contributed by atoms with Gasteiger partial charge < -0.3 is 24.8 Å². The Labute approximate surface area is 149 Å². The normalized spacial score (nSPS) is 13.0. The first kappa shape index (κ1) is 17.7. The lowest BCUT2D eigenvalue weighted by Crippen LogP contribution is -2.36. The maximum Gasteiger partial charge on any atom is 0.387 e. The first-order valence-corrected chi connectivity index (χ1v) is 7.87. The zero-order valence-electron chi connectivity index (χ0n) is 14.0. The minimum Gasteiger partial charge on any atom is -0.454 e. The molecule has 1 aromatic heterocycles. The van der Waals surface area contributed by atoms with Crippen molar-refractivity contribution >= 4 is 5.96 Å². The van der Waals surface area contributed by atoms with Gasteiger partial charge in [0.2, 0.25) is 6.79 Å². The van der Waals surface area contributed by atoms with Crippen LogP contribution in [-0.2, 0) is 13.1 Å². The minimum atomic E-state index is -2.93. The lowest BCUT2D eigenvalue weighted by molar-refractivity contribution is -0.0505. The molecule has 2 heterocycles. The standard InChI is InChI=1S/C17H18F2N4O3/c1-20-17(23-9-12-4-2-3-5-21-12)22-8-11-6-14-15(25-10-24-14)7-13(11)26-16(18)19/h2-7,16H,8-10H2,1H3,(H2,20,22,23). The summed E-state index contributed by atoms with van der Waals surface area (Å²) in [4.78, 5) is 8.31. The van der Waals surface area contributed by atoms with Crippen LogP contribution < -0.4 is 24.8 Å². The number of halogens is 2. The molecule has 0 atom stereocenters. The van der Waals surface area contributed by atoms with Gasteiger partial charge in [0.1, 0.15) is 5.75 Å². The second kappa shape index (κ2) is 8.32. The predicted molar refractivity (Wildman–Crippen MR) is 90.5 cm³/mol. The molecule has 0 saturated carbocycles. The minimum absolute atomic E-state index is 0.0249. The summed E-state index contributed by atoms with van der Waals surface area (Å²) in [6.07, 6.45) is 1.70. The van der Waals surface area contributed by atoms with Crippen molar-refractivity contribution in [2.75, 3.05) is 13.8 Å². The van der Waals surface area contributed by atoms with Gasteiger partial charge in [-0.25, -0.2) is 0 Å². The summed E-state index contributed by atoms with van der Waals surface area (Å²) >= 11 is 0. The monoisotopic (exact) mass is 364 g/mol. The van der Waals surface area contributed by atoms with Gasteiger partial charge in [0.05, 0.1) is 12.2 Å². The van der Waals surface area contributed by atoms with Crippen molar-refractivity contribution in [3.63, 3.8) is 0 Å². The highest BCUT2D eigenvalue weighted by Crippen LogP contribution is 2.38. The number of nitrogens with one attached hydrogen (secondary N) is 2. The first-order chi connectivity index (χ1) is 12.7. The number of rotatable bonds is 6. The number of alkyl halides is 2. The highest BCUT2D eigenvalue weighted by atomic mass is 19.3. The van der Waals surface area contributed by atoms with Crippen molar-refractivity contribution in [1.29, 1.82) is 0 Å². The van der Waals surface area contributed by atoms with Crippen LogP contribution in [0.2, 0.25) is 0 Å². The zero-order chi connectivity index (χ0) is 18.4. The maximum absolute atomic E-state index is 12.7. The molecule has 2 aromatic rings. The van der Waals surface area contributed by atoms with E-state index in [2.05, 4.69) is 25.3 Å². The van der Waals surface area contributed by atoms with Crippen LogP contribution in [0.3, 0.4) is 0 Å². The van der Waals surface area contributed by atoms with E-state index in [0.717, 1.165) is 5.69 Å².